The summed E-state index contributed by atoms with van der Waals surface area (Å²) in [6.07, 6.45) is 3.04. The van der Waals surface area contributed by atoms with E-state index in [0.717, 1.165) is 12.8 Å². The molecule has 0 radical (unpaired) electrons. The van der Waals surface area contributed by atoms with Crippen LogP contribution in [-0.4, -0.2) is 41.5 Å². The van der Waals surface area contributed by atoms with Crippen LogP contribution >= 0.6 is 0 Å². The fourth-order valence-corrected chi connectivity index (χ4v) is 1.34. The van der Waals surface area contributed by atoms with Gasteiger partial charge in [0.1, 0.15) is 0 Å². The van der Waals surface area contributed by atoms with Crippen LogP contribution < -0.4 is 5.32 Å². The lowest BCUT2D eigenvalue weighted by Crippen LogP contribution is -2.41. The van der Waals surface area contributed by atoms with Crippen LogP contribution in [0.1, 0.15) is 45.4 Å². The second-order valence-electron chi connectivity index (χ2n) is 4.23. The third-order valence-electron chi connectivity index (χ3n) is 2.48. The van der Waals surface area contributed by atoms with Crippen LogP contribution in [0.2, 0.25) is 0 Å². The fourth-order valence-electron chi connectivity index (χ4n) is 1.34. The number of hydrogen-bond acceptors (Lipinski definition) is 3. The highest BCUT2D eigenvalue weighted by Crippen LogP contribution is 2.00. The predicted octanol–water partition coefficient (Wildman–Crippen LogP) is 1.60. The van der Waals surface area contributed by atoms with Gasteiger partial charge in [-0.1, -0.05) is 13.3 Å². The van der Waals surface area contributed by atoms with Gasteiger partial charge >= 0.3 is 12.0 Å². The molecule has 0 aliphatic carbocycles. The molecule has 0 aliphatic heterocycles. The van der Waals surface area contributed by atoms with Crippen LogP contribution in [-0.2, 0) is 9.59 Å². The third kappa shape index (κ3) is 8.55. The average Bonchev–Trinajstić information content (AvgIpc) is 2.31. The smallest absolute Gasteiger partial charge is 0.323 e. The first-order valence-corrected chi connectivity index (χ1v) is 6.24. The molecule has 0 fully saturated rings. The van der Waals surface area contributed by atoms with Gasteiger partial charge in [-0.25, -0.2) is 4.79 Å². The lowest BCUT2D eigenvalue weighted by Gasteiger charge is -2.16. The Balaban J connectivity index is 3.73. The van der Waals surface area contributed by atoms with Crippen LogP contribution in [0, 0.1) is 0 Å². The number of carboxylic acids is 1. The van der Waals surface area contributed by atoms with E-state index < -0.39 is 12.0 Å². The number of nitrogens with one attached hydrogen (secondary N) is 1. The molecule has 0 aromatic rings. The van der Waals surface area contributed by atoms with Gasteiger partial charge in [-0.15, -0.1) is 0 Å². The number of hydrogen-bond donors (Lipinski definition) is 2. The monoisotopic (exact) mass is 258 g/mol. The molecule has 3 amide bonds. The Hall–Kier alpha value is -1.59. The van der Waals surface area contributed by atoms with Gasteiger partial charge < -0.3 is 10.0 Å². The lowest BCUT2D eigenvalue weighted by molar-refractivity contribution is -0.137. The Kier molecular flexibility index (Phi) is 8.61. The van der Waals surface area contributed by atoms with Crippen LogP contribution in [0.3, 0.4) is 0 Å². The van der Waals surface area contributed by atoms with E-state index in [1.807, 2.05) is 6.92 Å². The number of imide groups is 1. The van der Waals surface area contributed by atoms with Gasteiger partial charge in [-0.2, -0.15) is 0 Å². The summed E-state index contributed by atoms with van der Waals surface area (Å²) in [5, 5.41) is 10.7. The highest BCUT2D eigenvalue weighted by Gasteiger charge is 2.11. The quantitative estimate of drug-likeness (QED) is 0.647. The van der Waals surface area contributed by atoms with Crippen molar-refractivity contribution >= 4 is 17.9 Å². The molecule has 0 spiro atoms. The summed E-state index contributed by atoms with van der Waals surface area (Å²) in [7, 11) is 1.64. The summed E-state index contributed by atoms with van der Waals surface area (Å²) in [6.45, 7) is 2.65. The molecule has 0 heterocycles. The van der Waals surface area contributed by atoms with E-state index in [9.17, 15) is 14.4 Å². The van der Waals surface area contributed by atoms with Crippen molar-refractivity contribution in [3.05, 3.63) is 0 Å². The van der Waals surface area contributed by atoms with Crippen LogP contribution in [0.5, 0.6) is 0 Å². The number of aliphatic carboxylic acids is 1. The Labute approximate surface area is 107 Å². The maximum atomic E-state index is 11.5. The van der Waals surface area contributed by atoms with Crippen LogP contribution in [0.4, 0.5) is 4.79 Å². The van der Waals surface area contributed by atoms with Crippen molar-refractivity contribution in [3.8, 4) is 0 Å². The molecule has 0 aromatic heterocycles. The zero-order chi connectivity index (χ0) is 14.0. The van der Waals surface area contributed by atoms with Crippen molar-refractivity contribution in [1.29, 1.82) is 0 Å². The molecule has 0 atom stereocenters. The minimum atomic E-state index is -0.870. The molecule has 0 unspecified atom stereocenters. The zero-order valence-corrected chi connectivity index (χ0v) is 11.1. The number of rotatable bonds is 8. The summed E-state index contributed by atoms with van der Waals surface area (Å²) in [6, 6.07) is -0.397. The summed E-state index contributed by atoms with van der Waals surface area (Å²) in [4.78, 5) is 34.6. The highest BCUT2D eigenvalue weighted by atomic mass is 16.4. The predicted molar refractivity (Wildman–Crippen MR) is 67.2 cm³/mol. The van der Waals surface area contributed by atoms with Gasteiger partial charge in [0, 0.05) is 26.4 Å². The minimum absolute atomic E-state index is 0.0532. The molecule has 6 nitrogen and oxygen atoms in total. The molecule has 0 saturated carbocycles. The molecule has 104 valence electrons. The van der Waals surface area contributed by atoms with E-state index in [4.69, 9.17) is 5.11 Å². The van der Waals surface area contributed by atoms with Crippen molar-refractivity contribution in [2.24, 2.45) is 0 Å². The van der Waals surface area contributed by atoms with Gasteiger partial charge in [0.15, 0.2) is 0 Å². The largest absolute Gasteiger partial charge is 0.481 e. The number of carbonyl (C=O) groups excluding carboxylic acids is 2. The Morgan fingerprint density at radius 3 is 2.28 bits per heavy atom. The summed E-state index contributed by atoms with van der Waals surface area (Å²) in [5.41, 5.74) is 0. The van der Waals surface area contributed by atoms with Gasteiger partial charge in [-0.3, -0.25) is 14.9 Å². The van der Waals surface area contributed by atoms with E-state index in [0.29, 0.717) is 19.4 Å². The van der Waals surface area contributed by atoms with E-state index >= 15 is 0 Å². The molecular weight excluding hydrogens is 236 g/mol. The Bertz CT molecular complexity index is 292. The molecule has 0 aromatic carbocycles. The zero-order valence-electron chi connectivity index (χ0n) is 11.1. The van der Waals surface area contributed by atoms with Crippen molar-refractivity contribution < 1.29 is 19.5 Å². The molecule has 0 saturated heterocycles. The topological polar surface area (TPSA) is 86.7 Å². The van der Waals surface area contributed by atoms with Gasteiger partial charge in [0.25, 0.3) is 0 Å². The SMILES string of the molecule is CCCCN(C)C(=O)NC(=O)CCCCC(=O)O. The highest BCUT2D eigenvalue weighted by molar-refractivity contribution is 5.94. The minimum Gasteiger partial charge on any atom is -0.481 e. The summed E-state index contributed by atoms with van der Waals surface area (Å²) >= 11 is 0. The standard InChI is InChI=1S/C12H22N2O4/c1-3-4-9-14(2)12(18)13-10(15)7-5-6-8-11(16)17/h3-9H2,1-2H3,(H,16,17)(H,13,15,18). The fraction of sp³-hybridized carbons (Fsp3) is 0.750. The number of carboxylic acid groups (broad SMARTS) is 1. The van der Waals surface area contributed by atoms with E-state index in [1.165, 1.54) is 4.90 Å². The second kappa shape index (κ2) is 9.44. The van der Waals surface area contributed by atoms with Gasteiger partial charge in [0.05, 0.1) is 0 Å². The third-order valence-corrected chi connectivity index (χ3v) is 2.48. The second-order valence-corrected chi connectivity index (χ2v) is 4.23. The average molecular weight is 258 g/mol. The first-order chi connectivity index (χ1) is 8.47. The Morgan fingerprint density at radius 2 is 1.72 bits per heavy atom. The summed E-state index contributed by atoms with van der Waals surface area (Å²) in [5.74, 6) is -1.22. The molecule has 0 bridgehead atoms. The number of nitrogens with zero attached hydrogens (tertiary/aromatic N) is 1. The molecule has 6 heteroatoms. The summed E-state index contributed by atoms with van der Waals surface area (Å²) < 4.78 is 0. The maximum absolute atomic E-state index is 11.5. The first kappa shape index (κ1) is 16.4. The van der Waals surface area contributed by atoms with E-state index in [-0.39, 0.29) is 18.7 Å². The molecular formula is C12H22N2O4. The van der Waals surface area contributed by atoms with E-state index in [2.05, 4.69) is 5.32 Å². The molecule has 2 N–H and O–H groups in total. The number of carbonyl (C=O) groups is 3. The van der Waals surface area contributed by atoms with Crippen molar-refractivity contribution in [3.63, 3.8) is 0 Å². The normalized spacial score (nSPS) is 9.89. The van der Waals surface area contributed by atoms with Crippen LogP contribution in [0.25, 0.3) is 0 Å². The number of urea groups is 1. The van der Waals surface area contributed by atoms with Crippen molar-refractivity contribution in [2.45, 2.75) is 45.4 Å². The number of unbranched alkanes of at least 4 members (excludes halogenated alkanes) is 2. The lowest BCUT2D eigenvalue weighted by atomic mass is 10.2. The molecule has 0 rings (SSSR count). The number of amides is 3. The molecule has 0 aliphatic rings. The maximum Gasteiger partial charge on any atom is 0.323 e. The van der Waals surface area contributed by atoms with Gasteiger partial charge in [-0.05, 0) is 19.3 Å². The van der Waals surface area contributed by atoms with Gasteiger partial charge in [0.2, 0.25) is 5.91 Å². The van der Waals surface area contributed by atoms with Crippen molar-refractivity contribution in [2.75, 3.05) is 13.6 Å². The van der Waals surface area contributed by atoms with Crippen molar-refractivity contribution in [1.82, 2.24) is 10.2 Å². The Morgan fingerprint density at radius 1 is 1.11 bits per heavy atom. The van der Waals surface area contributed by atoms with Crippen LogP contribution in [0.15, 0.2) is 0 Å². The first-order valence-electron chi connectivity index (χ1n) is 6.24. The van der Waals surface area contributed by atoms with E-state index in [1.54, 1.807) is 7.05 Å². The molecule has 18 heavy (non-hydrogen) atoms.